The molecule has 40 heavy (non-hydrogen) atoms. The lowest BCUT2D eigenvalue weighted by Gasteiger charge is -2.13. The Bertz CT molecular complexity index is 1430. The van der Waals surface area contributed by atoms with Gasteiger partial charge in [0.25, 0.3) is 0 Å². The number of carboxylic acid groups (broad SMARTS) is 1. The van der Waals surface area contributed by atoms with Gasteiger partial charge < -0.3 is 20.0 Å². The van der Waals surface area contributed by atoms with Crippen molar-refractivity contribution in [2.24, 2.45) is 5.73 Å². The van der Waals surface area contributed by atoms with Crippen LogP contribution in [0.4, 0.5) is 0 Å². The molecule has 0 amide bonds. The Morgan fingerprint density at radius 2 is 1.48 bits per heavy atom. The van der Waals surface area contributed by atoms with Crippen LogP contribution < -0.4 is 10.5 Å². The molecular formula is C27H40N8O4S. The van der Waals surface area contributed by atoms with Crippen molar-refractivity contribution in [3.8, 4) is 0 Å². The molecule has 5 rings (SSSR count). The number of fused-ring (bicyclic) bond motifs is 2. The molecule has 0 saturated carbocycles. The highest BCUT2D eigenvalue weighted by Gasteiger charge is 2.21. The van der Waals surface area contributed by atoms with E-state index in [1.54, 1.807) is 13.8 Å². The average Bonchev–Trinajstić information content (AvgIpc) is 3.27. The number of sulfonamides is 1. The van der Waals surface area contributed by atoms with E-state index < -0.39 is 16.0 Å². The highest BCUT2D eigenvalue weighted by Crippen LogP contribution is 2.21. The van der Waals surface area contributed by atoms with Gasteiger partial charge in [-0.2, -0.15) is 0 Å². The van der Waals surface area contributed by atoms with E-state index in [0.29, 0.717) is 24.1 Å². The largest absolute Gasteiger partial charge is 0.478 e. The number of rotatable bonds is 8. The van der Waals surface area contributed by atoms with E-state index in [9.17, 15) is 18.3 Å². The Balaban J connectivity index is 0.000000236. The standard InChI is InChI=1S/C18H24N4O4S.C9H16N4/c1-12-10-14(18(23)24)11-15(13(12)2)27(25,26)19-8-7-17-21-20-16-6-4-3-5-9-22(16)17;10-6-5-9-12-11-8-4-2-1-3-7-13(8)9/h10-11,19H,3-9H2,1-2H3,(H,23,24);1-7,10H2. The summed E-state index contributed by atoms with van der Waals surface area (Å²) in [5.41, 5.74) is 6.64. The van der Waals surface area contributed by atoms with Crippen LogP contribution in [-0.4, -0.2) is 62.1 Å². The molecule has 0 fully saturated rings. The predicted molar refractivity (Wildman–Crippen MR) is 150 cm³/mol. The predicted octanol–water partition coefficient (Wildman–Crippen LogP) is 2.35. The molecule has 2 aliphatic heterocycles. The molecule has 1 aromatic carbocycles. The van der Waals surface area contributed by atoms with Gasteiger partial charge in [0.2, 0.25) is 10.0 Å². The zero-order chi connectivity index (χ0) is 28.7. The minimum atomic E-state index is -3.82. The number of carboxylic acids is 1. The van der Waals surface area contributed by atoms with Gasteiger partial charge in [0.15, 0.2) is 0 Å². The van der Waals surface area contributed by atoms with E-state index in [0.717, 1.165) is 74.9 Å². The molecule has 4 heterocycles. The lowest BCUT2D eigenvalue weighted by atomic mass is 10.1. The van der Waals surface area contributed by atoms with Crippen molar-refractivity contribution in [2.45, 2.75) is 96.0 Å². The van der Waals surface area contributed by atoms with Gasteiger partial charge in [-0.15, -0.1) is 20.4 Å². The van der Waals surface area contributed by atoms with Gasteiger partial charge in [0.1, 0.15) is 23.3 Å². The van der Waals surface area contributed by atoms with Crippen LogP contribution in [0.1, 0.15) is 83.3 Å². The van der Waals surface area contributed by atoms with Gasteiger partial charge in [-0.25, -0.2) is 17.9 Å². The molecule has 218 valence electrons. The van der Waals surface area contributed by atoms with Crippen LogP contribution in [-0.2, 0) is 48.8 Å². The maximum Gasteiger partial charge on any atom is 0.335 e. The number of carbonyl (C=O) groups is 1. The quantitative estimate of drug-likeness (QED) is 0.366. The molecule has 0 spiro atoms. The van der Waals surface area contributed by atoms with Crippen molar-refractivity contribution in [1.29, 1.82) is 0 Å². The van der Waals surface area contributed by atoms with E-state index in [-0.39, 0.29) is 17.0 Å². The fraction of sp³-hybridized carbons (Fsp3) is 0.593. The minimum absolute atomic E-state index is 0.0000257. The smallest absolute Gasteiger partial charge is 0.335 e. The topological polar surface area (TPSA) is 171 Å². The third-order valence-electron chi connectivity index (χ3n) is 7.54. The third-order valence-corrected chi connectivity index (χ3v) is 9.12. The normalized spacial score (nSPS) is 15.3. The van der Waals surface area contributed by atoms with E-state index in [1.807, 2.05) is 0 Å². The second-order valence-corrected chi connectivity index (χ2v) is 12.1. The number of hydrogen-bond donors (Lipinski definition) is 3. The third kappa shape index (κ3) is 7.12. The molecule has 0 bridgehead atoms. The highest BCUT2D eigenvalue weighted by molar-refractivity contribution is 7.89. The SMILES string of the molecule is Cc1cc(C(=O)O)cc(S(=O)(=O)NCCc2nnc3n2CCCCC3)c1C.NCCc1nnc2n1CCCCC2. The highest BCUT2D eigenvalue weighted by atomic mass is 32.2. The number of benzene rings is 1. The molecule has 13 heteroatoms. The van der Waals surface area contributed by atoms with Crippen LogP contribution in [0, 0.1) is 13.8 Å². The van der Waals surface area contributed by atoms with E-state index in [4.69, 9.17) is 5.73 Å². The van der Waals surface area contributed by atoms with E-state index in [1.165, 1.54) is 31.4 Å². The molecule has 2 aromatic heterocycles. The summed E-state index contributed by atoms with van der Waals surface area (Å²) < 4.78 is 32.3. The summed E-state index contributed by atoms with van der Waals surface area (Å²) in [7, 11) is -3.82. The molecule has 0 aliphatic carbocycles. The number of nitrogens with zero attached hydrogens (tertiary/aromatic N) is 6. The number of nitrogens with one attached hydrogen (secondary N) is 1. The molecule has 0 radical (unpaired) electrons. The summed E-state index contributed by atoms with van der Waals surface area (Å²) in [6.45, 7) is 6.16. The molecule has 2 aliphatic rings. The number of nitrogens with two attached hydrogens (primary N) is 1. The summed E-state index contributed by atoms with van der Waals surface area (Å²) in [5, 5.41) is 26.0. The number of aromatic carboxylic acids is 1. The van der Waals surface area contributed by atoms with Crippen molar-refractivity contribution in [3.63, 3.8) is 0 Å². The number of aromatic nitrogens is 6. The van der Waals surface area contributed by atoms with Crippen LogP contribution in [0.3, 0.4) is 0 Å². The average molecular weight is 573 g/mol. The first-order valence-corrected chi connectivity index (χ1v) is 15.6. The van der Waals surface area contributed by atoms with Gasteiger partial charge in [-0.1, -0.05) is 12.8 Å². The first kappa shape index (κ1) is 29.8. The molecule has 3 aromatic rings. The Hall–Kier alpha value is -3.16. The zero-order valence-electron chi connectivity index (χ0n) is 23.4. The molecule has 0 atom stereocenters. The maximum absolute atomic E-state index is 12.7. The van der Waals surface area contributed by atoms with Crippen LogP contribution in [0.5, 0.6) is 0 Å². The molecule has 12 nitrogen and oxygen atoms in total. The first-order chi connectivity index (χ1) is 19.2. The van der Waals surface area contributed by atoms with Gasteiger partial charge in [-0.3, -0.25) is 0 Å². The van der Waals surface area contributed by atoms with Gasteiger partial charge >= 0.3 is 5.97 Å². The van der Waals surface area contributed by atoms with Crippen LogP contribution >= 0.6 is 0 Å². The summed E-state index contributed by atoms with van der Waals surface area (Å²) in [5.74, 6) is 2.81. The van der Waals surface area contributed by atoms with E-state index >= 15 is 0 Å². The van der Waals surface area contributed by atoms with Crippen molar-refractivity contribution >= 4 is 16.0 Å². The summed E-state index contributed by atoms with van der Waals surface area (Å²) in [4.78, 5) is 11.2. The van der Waals surface area contributed by atoms with Crippen LogP contribution in [0.15, 0.2) is 17.0 Å². The van der Waals surface area contributed by atoms with Gasteiger partial charge in [-0.05, 0) is 69.3 Å². The summed E-state index contributed by atoms with van der Waals surface area (Å²) in [6.07, 6.45) is 10.4. The Labute approximate surface area is 235 Å². The van der Waals surface area contributed by atoms with Crippen LogP contribution in [0.2, 0.25) is 0 Å². The van der Waals surface area contributed by atoms with E-state index in [2.05, 4.69) is 34.3 Å². The summed E-state index contributed by atoms with van der Waals surface area (Å²) >= 11 is 0. The monoisotopic (exact) mass is 572 g/mol. The molecule has 4 N–H and O–H groups in total. The molecule has 0 unspecified atom stereocenters. The lowest BCUT2D eigenvalue weighted by molar-refractivity contribution is 0.0696. The molecule has 0 saturated heterocycles. The van der Waals surface area contributed by atoms with Crippen LogP contribution in [0.25, 0.3) is 0 Å². The van der Waals surface area contributed by atoms with Gasteiger partial charge in [0.05, 0.1) is 10.5 Å². The van der Waals surface area contributed by atoms with Crippen molar-refractivity contribution in [1.82, 2.24) is 34.3 Å². The number of aryl methyl sites for hydroxylation is 3. The molecular weight excluding hydrogens is 532 g/mol. The Morgan fingerprint density at radius 3 is 2.02 bits per heavy atom. The fourth-order valence-electron chi connectivity index (χ4n) is 5.19. The second kappa shape index (κ2) is 13.5. The van der Waals surface area contributed by atoms with Crippen molar-refractivity contribution < 1.29 is 18.3 Å². The first-order valence-electron chi connectivity index (χ1n) is 14.1. The maximum atomic E-state index is 12.7. The Kier molecular flexibility index (Phi) is 10.0. The lowest BCUT2D eigenvalue weighted by Crippen LogP contribution is -2.28. The fourth-order valence-corrected chi connectivity index (χ4v) is 6.57. The van der Waals surface area contributed by atoms with Crippen molar-refractivity contribution in [2.75, 3.05) is 13.1 Å². The van der Waals surface area contributed by atoms with Gasteiger partial charge in [0, 0.05) is 45.3 Å². The zero-order valence-corrected chi connectivity index (χ0v) is 24.2. The minimum Gasteiger partial charge on any atom is -0.478 e. The second-order valence-electron chi connectivity index (χ2n) is 10.4. The van der Waals surface area contributed by atoms with Crippen molar-refractivity contribution in [3.05, 3.63) is 52.1 Å². The Morgan fingerprint density at radius 1 is 0.900 bits per heavy atom. The summed E-state index contributed by atoms with van der Waals surface area (Å²) in [6, 6.07) is 2.68. The number of hydrogen-bond acceptors (Lipinski definition) is 8.